The normalized spacial score (nSPS) is 11.7. The molecular formula is C19H18F3N3OS. The lowest BCUT2D eigenvalue weighted by molar-refractivity contribution is -0.137. The highest BCUT2D eigenvalue weighted by molar-refractivity contribution is 7.99. The maximum Gasteiger partial charge on any atom is 0.416 e. The second-order valence-electron chi connectivity index (χ2n) is 5.90. The highest BCUT2D eigenvalue weighted by Gasteiger charge is 2.29. The summed E-state index contributed by atoms with van der Waals surface area (Å²) in [7, 11) is 0. The average Bonchev–Trinajstić information content (AvgIpc) is 3.04. The van der Waals surface area contributed by atoms with E-state index in [1.54, 1.807) is 18.0 Å². The standard InChI is InChI=1S/C19H18F3N3OS/c1-2-27-18-15-8-10-25(16(15)7-9-23-18)12-17(26)24-11-13-3-5-14(6-4-13)19(20,21)22/h3-10H,2,11-12H2,1H3,(H,24,26). The van der Waals surface area contributed by atoms with Crippen molar-refractivity contribution in [1.29, 1.82) is 0 Å². The third-order valence-corrected chi connectivity index (χ3v) is 4.91. The number of pyridine rings is 1. The van der Waals surface area contributed by atoms with Gasteiger partial charge >= 0.3 is 6.18 Å². The number of rotatable bonds is 6. The minimum atomic E-state index is -4.36. The number of nitrogens with zero attached hydrogens (tertiary/aromatic N) is 2. The fourth-order valence-corrected chi connectivity index (χ4v) is 3.45. The summed E-state index contributed by atoms with van der Waals surface area (Å²) in [5.74, 6) is 0.694. The molecule has 0 radical (unpaired) electrons. The van der Waals surface area contributed by atoms with E-state index in [-0.39, 0.29) is 19.0 Å². The monoisotopic (exact) mass is 393 g/mol. The van der Waals surface area contributed by atoms with E-state index >= 15 is 0 Å². The summed E-state index contributed by atoms with van der Waals surface area (Å²) in [6.07, 6.45) is -0.804. The minimum absolute atomic E-state index is 0.129. The van der Waals surface area contributed by atoms with Crippen molar-refractivity contribution in [2.45, 2.75) is 31.2 Å². The molecule has 0 unspecified atom stereocenters. The first-order chi connectivity index (χ1) is 12.9. The average molecular weight is 393 g/mol. The third kappa shape index (κ3) is 4.63. The largest absolute Gasteiger partial charge is 0.416 e. The van der Waals surface area contributed by atoms with Crippen molar-refractivity contribution in [2.75, 3.05) is 5.75 Å². The number of nitrogens with one attached hydrogen (secondary N) is 1. The van der Waals surface area contributed by atoms with Gasteiger partial charge in [0.25, 0.3) is 0 Å². The van der Waals surface area contributed by atoms with Crippen LogP contribution in [0.1, 0.15) is 18.1 Å². The molecule has 3 rings (SSSR count). The van der Waals surface area contributed by atoms with E-state index in [0.717, 1.165) is 33.8 Å². The topological polar surface area (TPSA) is 46.9 Å². The molecule has 0 aliphatic heterocycles. The first-order valence-corrected chi connectivity index (χ1v) is 9.36. The summed E-state index contributed by atoms with van der Waals surface area (Å²) in [6, 6.07) is 8.56. The molecule has 27 heavy (non-hydrogen) atoms. The van der Waals surface area contributed by atoms with Gasteiger partial charge in [-0.15, -0.1) is 11.8 Å². The molecule has 0 fully saturated rings. The fraction of sp³-hybridized carbons (Fsp3) is 0.263. The number of carbonyl (C=O) groups excluding carboxylic acids is 1. The number of hydrogen-bond donors (Lipinski definition) is 1. The van der Waals surface area contributed by atoms with Crippen LogP contribution < -0.4 is 5.32 Å². The summed E-state index contributed by atoms with van der Waals surface area (Å²) in [5, 5.41) is 4.67. The molecule has 1 amide bonds. The lowest BCUT2D eigenvalue weighted by Crippen LogP contribution is -2.26. The Balaban J connectivity index is 1.63. The van der Waals surface area contributed by atoms with Crippen LogP contribution in [0.4, 0.5) is 13.2 Å². The van der Waals surface area contributed by atoms with Crippen molar-refractivity contribution in [3.63, 3.8) is 0 Å². The molecule has 0 saturated heterocycles. The van der Waals surface area contributed by atoms with Gasteiger partial charge in [0.05, 0.1) is 11.1 Å². The van der Waals surface area contributed by atoms with Crippen molar-refractivity contribution in [3.8, 4) is 0 Å². The summed E-state index contributed by atoms with van der Waals surface area (Å²) in [4.78, 5) is 16.6. The van der Waals surface area contributed by atoms with E-state index in [9.17, 15) is 18.0 Å². The SMILES string of the molecule is CCSc1nccc2c1ccn2CC(=O)NCc1ccc(C(F)(F)F)cc1. The fourth-order valence-electron chi connectivity index (χ4n) is 2.71. The van der Waals surface area contributed by atoms with Gasteiger partial charge in [-0.3, -0.25) is 4.79 Å². The summed E-state index contributed by atoms with van der Waals surface area (Å²) >= 11 is 1.64. The van der Waals surface area contributed by atoms with E-state index in [1.807, 2.05) is 22.9 Å². The van der Waals surface area contributed by atoms with Gasteiger partial charge in [-0.05, 0) is 35.6 Å². The molecule has 1 N–H and O–H groups in total. The number of thioether (sulfide) groups is 1. The molecule has 0 spiro atoms. The van der Waals surface area contributed by atoms with Crippen molar-refractivity contribution in [3.05, 3.63) is 59.9 Å². The van der Waals surface area contributed by atoms with Gasteiger partial charge in [0.1, 0.15) is 11.6 Å². The van der Waals surface area contributed by atoms with Crippen molar-refractivity contribution in [1.82, 2.24) is 14.9 Å². The molecule has 4 nitrogen and oxygen atoms in total. The quantitative estimate of drug-likeness (QED) is 0.628. The first-order valence-electron chi connectivity index (χ1n) is 8.38. The molecule has 0 aliphatic rings. The van der Waals surface area contributed by atoms with Gasteiger partial charge in [-0.1, -0.05) is 19.1 Å². The molecule has 0 bridgehead atoms. The van der Waals surface area contributed by atoms with E-state index in [4.69, 9.17) is 0 Å². The van der Waals surface area contributed by atoms with Gasteiger partial charge in [0.2, 0.25) is 5.91 Å². The van der Waals surface area contributed by atoms with Gasteiger partial charge < -0.3 is 9.88 Å². The van der Waals surface area contributed by atoms with Crippen LogP contribution in [0.15, 0.2) is 53.8 Å². The van der Waals surface area contributed by atoms with E-state index in [2.05, 4.69) is 17.2 Å². The van der Waals surface area contributed by atoms with Crippen LogP contribution in [0.2, 0.25) is 0 Å². The second kappa shape index (κ2) is 8.04. The molecule has 3 aromatic rings. The van der Waals surface area contributed by atoms with Gasteiger partial charge in [-0.25, -0.2) is 4.98 Å². The molecule has 0 atom stereocenters. The van der Waals surface area contributed by atoms with Crippen LogP contribution in [0.3, 0.4) is 0 Å². The Hall–Kier alpha value is -2.48. The number of alkyl halides is 3. The Bertz CT molecular complexity index is 936. The van der Waals surface area contributed by atoms with Gasteiger partial charge in [0, 0.05) is 24.3 Å². The third-order valence-electron chi connectivity index (χ3n) is 4.03. The van der Waals surface area contributed by atoms with Crippen LogP contribution in [0, 0.1) is 0 Å². The molecular weight excluding hydrogens is 375 g/mol. The minimum Gasteiger partial charge on any atom is -0.350 e. The number of halogens is 3. The van der Waals surface area contributed by atoms with Crippen LogP contribution in [-0.4, -0.2) is 21.2 Å². The Kier molecular flexibility index (Phi) is 5.74. The molecule has 142 valence electrons. The first kappa shape index (κ1) is 19.3. The van der Waals surface area contributed by atoms with E-state index < -0.39 is 11.7 Å². The van der Waals surface area contributed by atoms with Gasteiger partial charge in [0.15, 0.2) is 0 Å². The maximum atomic E-state index is 12.6. The predicted octanol–water partition coefficient (Wildman–Crippen LogP) is 4.48. The number of hydrogen-bond acceptors (Lipinski definition) is 3. The molecule has 1 aromatic carbocycles. The molecule has 0 aliphatic carbocycles. The zero-order chi connectivity index (χ0) is 19.4. The second-order valence-corrected chi connectivity index (χ2v) is 7.15. The lowest BCUT2D eigenvalue weighted by atomic mass is 10.1. The van der Waals surface area contributed by atoms with Crippen LogP contribution in [0.25, 0.3) is 10.9 Å². The van der Waals surface area contributed by atoms with Crippen molar-refractivity contribution >= 4 is 28.6 Å². The molecule has 8 heteroatoms. The summed E-state index contributed by atoms with van der Waals surface area (Å²) < 4.78 is 39.5. The van der Waals surface area contributed by atoms with Gasteiger partial charge in [-0.2, -0.15) is 13.2 Å². The number of benzene rings is 1. The number of aromatic nitrogens is 2. The maximum absolute atomic E-state index is 12.6. The zero-order valence-electron chi connectivity index (χ0n) is 14.6. The van der Waals surface area contributed by atoms with Crippen LogP contribution in [0.5, 0.6) is 0 Å². The zero-order valence-corrected chi connectivity index (χ0v) is 15.4. The molecule has 2 heterocycles. The Morgan fingerprint density at radius 1 is 1.19 bits per heavy atom. The van der Waals surface area contributed by atoms with E-state index in [1.165, 1.54) is 12.1 Å². The molecule has 0 saturated carbocycles. The Morgan fingerprint density at radius 3 is 2.59 bits per heavy atom. The Labute approximate surface area is 158 Å². The van der Waals surface area contributed by atoms with Crippen molar-refractivity contribution < 1.29 is 18.0 Å². The van der Waals surface area contributed by atoms with Crippen LogP contribution in [-0.2, 0) is 24.1 Å². The van der Waals surface area contributed by atoms with Crippen molar-refractivity contribution in [2.24, 2.45) is 0 Å². The summed E-state index contributed by atoms with van der Waals surface area (Å²) in [6.45, 7) is 2.36. The lowest BCUT2D eigenvalue weighted by Gasteiger charge is -2.10. The number of carbonyl (C=O) groups is 1. The van der Waals surface area contributed by atoms with Crippen LogP contribution >= 0.6 is 11.8 Å². The highest BCUT2D eigenvalue weighted by Crippen LogP contribution is 2.29. The predicted molar refractivity (Wildman–Crippen MR) is 99.4 cm³/mol. The molecule has 2 aromatic heterocycles. The summed E-state index contributed by atoms with van der Waals surface area (Å²) in [5.41, 5.74) is 0.830. The number of amides is 1. The number of fused-ring (bicyclic) bond motifs is 1. The van der Waals surface area contributed by atoms with E-state index in [0.29, 0.717) is 5.56 Å². The highest BCUT2D eigenvalue weighted by atomic mass is 32.2. The smallest absolute Gasteiger partial charge is 0.350 e. The Morgan fingerprint density at radius 2 is 1.93 bits per heavy atom.